The van der Waals surface area contributed by atoms with Crippen LogP contribution in [0.1, 0.15) is 15.9 Å². The zero-order valence-corrected chi connectivity index (χ0v) is 13.1. The molecular weight excluding hydrogens is 340 g/mol. The first-order valence-electron chi connectivity index (χ1n) is 6.37. The molecule has 0 radical (unpaired) electrons. The molecule has 0 aliphatic carbocycles. The van der Waals surface area contributed by atoms with Crippen molar-refractivity contribution in [1.82, 2.24) is 4.72 Å². The molecule has 0 spiro atoms. The fourth-order valence-corrected chi connectivity index (χ4v) is 4.33. The molecule has 1 amide bonds. The Labute approximate surface area is 132 Å². The van der Waals surface area contributed by atoms with E-state index in [0.29, 0.717) is 10.5 Å². The minimum Gasteiger partial charge on any atom is -0.268 e. The van der Waals surface area contributed by atoms with Gasteiger partial charge in [0.05, 0.1) is 10.5 Å². The Morgan fingerprint density at radius 3 is 2.09 bits per heavy atom. The number of fused-ring (bicyclic) bond motifs is 2. The van der Waals surface area contributed by atoms with E-state index in [2.05, 4.69) is 4.40 Å². The third-order valence-electron chi connectivity index (χ3n) is 3.18. The fourth-order valence-electron chi connectivity index (χ4n) is 2.13. The summed E-state index contributed by atoms with van der Waals surface area (Å²) in [5.74, 6) is -0.550. The maximum atomic E-state index is 11.1. The fraction of sp³-hybridized carbons (Fsp3) is 0. The van der Waals surface area contributed by atoms with Gasteiger partial charge in [0, 0.05) is 11.8 Å². The van der Waals surface area contributed by atoms with Crippen LogP contribution in [0.15, 0.2) is 62.7 Å². The first-order chi connectivity index (χ1) is 10.8. The van der Waals surface area contributed by atoms with E-state index in [0.717, 1.165) is 0 Å². The number of hydrogen-bond acceptors (Lipinski definition) is 5. The van der Waals surface area contributed by atoms with Gasteiger partial charge in [-0.15, -0.1) is 0 Å². The van der Waals surface area contributed by atoms with Gasteiger partial charge in [-0.3, -0.25) is 4.79 Å². The summed E-state index contributed by atoms with van der Waals surface area (Å²) in [4.78, 5) is 11.4. The number of nitrogens with one attached hydrogen (secondary N) is 1. The standard InChI is InChI=1S/C7H5NO3S.C7H5NO2S/c9-7-5-3-1-2-4-6(5)12(10,11)8-7;9-11(10)7-4-2-1-3-6(7)5-8-11/h1-4H,(H,8,9);1-5H. The number of amides is 1. The van der Waals surface area contributed by atoms with Gasteiger partial charge in [0.2, 0.25) is 0 Å². The van der Waals surface area contributed by atoms with Gasteiger partial charge in [0.1, 0.15) is 4.90 Å². The highest BCUT2D eigenvalue weighted by Gasteiger charge is 2.31. The summed E-state index contributed by atoms with van der Waals surface area (Å²) in [5, 5.41) is 0. The third kappa shape index (κ3) is 2.76. The van der Waals surface area contributed by atoms with E-state index >= 15 is 0 Å². The van der Waals surface area contributed by atoms with Gasteiger partial charge >= 0.3 is 0 Å². The summed E-state index contributed by atoms with van der Waals surface area (Å²) in [6, 6.07) is 12.8. The van der Waals surface area contributed by atoms with E-state index in [4.69, 9.17) is 0 Å². The van der Waals surface area contributed by atoms with Crippen molar-refractivity contribution in [1.29, 1.82) is 0 Å². The lowest BCUT2D eigenvalue weighted by Gasteiger charge is -1.92. The molecule has 2 aliphatic rings. The molecule has 0 saturated carbocycles. The third-order valence-corrected chi connectivity index (χ3v) is 5.88. The van der Waals surface area contributed by atoms with Crippen molar-refractivity contribution >= 4 is 32.2 Å². The number of sulfonamides is 2. The van der Waals surface area contributed by atoms with Gasteiger partial charge in [-0.25, -0.2) is 13.1 Å². The first kappa shape index (κ1) is 15.4. The molecule has 9 heteroatoms. The van der Waals surface area contributed by atoms with E-state index in [1.807, 2.05) is 4.72 Å². The lowest BCUT2D eigenvalue weighted by atomic mass is 10.2. The molecule has 23 heavy (non-hydrogen) atoms. The van der Waals surface area contributed by atoms with Crippen molar-refractivity contribution in [3.63, 3.8) is 0 Å². The zero-order valence-electron chi connectivity index (χ0n) is 11.5. The quantitative estimate of drug-likeness (QED) is 0.760. The summed E-state index contributed by atoms with van der Waals surface area (Å²) in [7, 11) is -6.89. The average Bonchev–Trinajstić information content (AvgIpc) is 2.95. The van der Waals surface area contributed by atoms with E-state index < -0.39 is 26.0 Å². The Morgan fingerprint density at radius 2 is 1.43 bits per heavy atom. The summed E-state index contributed by atoms with van der Waals surface area (Å²) in [5.41, 5.74) is 0.894. The van der Waals surface area contributed by atoms with Crippen LogP contribution in [0.4, 0.5) is 0 Å². The van der Waals surface area contributed by atoms with Crippen molar-refractivity contribution in [2.24, 2.45) is 4.40 Å². The van der Waals surface area contributed by atoms with Crippen molar-refractivity contribution < 1.29 is 21.6 Å². The Hall–Kier alpha value is -2.52. The predicted octanol–water partition coefficient (Wildman–Crippen LogP) is 0.927. The second-order valence-corrected chi connectivity index (χ2v) is 7.93. The minimum absolute atomic E-state index is 0.0648. The molecule has 2 aromatic carbocycles. The Bertz CT molecular complexity index is 1040. The zero-order chi connectivity index (χ0) is 16.7. The molecule has 2 aromatic rings. The molecule has 0 fully saturated rings. The Kier molecular flexibility index (Phi) is 3.53. The summed E-state index contributed by atoms with van der Waals surface area (Å²) in [6.45, 7) is 0. The summed E-state index contributed by atoms with van der Waals surface area (Å²) in [6.07, 6.45) is 1.37. The minimum atomic E-state index is -3.55. The molecular formula is C14H10N2O5S2. The molecule has 0 aromatic heterocycles. The summed E-state index contributed by atoms with van der Waals surface area (Å²) < 4.78 is 49.6. The lowest BCUT2D eigenvalue weighted by Crippen LogP contribution is -2.20. The van der Waals surface area contributed by atoms with Crippen molar-refractivity contribution in [3.05, 3.63) is 59.7 Å². The van der Waals surface area contributed by atoms with Gasteiger partial charge in [0.25, 0.3) is 26.0 Å². The van der Waals surface area contributed by atoms with Crippen LogP contribution < -0.4 is 4.72 Å². The molecule has 7 nitrogen and oxygen atoms in total. The average molecular weight is 350 g/mol. The number of carbonyl (C=O) groups excluding carboxylic acids is 1. The molecule has 0 unspecified atom stereocenters. The first-order valence-corrected chi connectivity index (χ1v) is 9.29. The number of carbonyl (C=O) groups is 1. The number of rotatable bonds is 0. The SMILES string of the molecule is O=C1NS(=O)(=O)c2ccccc21.O=S1(=O)N=Cc2ccccc21. The molecule has 2 aliphatic heterocycles. The molecule has 0 atom stereocenters. The highest BCUT2D eigenvalue weighted by molar-refractivity contribution is 7.91. The second kappa shape index (κ2) is 5.28. The van der Waals surface area contributed by atoms with Gasteiger partial charge in [0.15, 0.2) is 0 Å². The van der Waals surface area contributed by atoms with Gasteiger partial charge in [-0.2, -0.15) is 12.8 Å². The van der Waals surface area contributed by atoms with E-state index in [-0.39, 0.29) is 10.5 Å². The van der Waals surface area contributed by atoms with Gasteiger partial charge in [-0.1, -0.05) is 30.3 Å². The molecule has 0 saturated heterocycles. The number of benzene rings is 2. The maximum absolute atomic E-state index is 11.1. The monoisotopic (exact) mass is 350 g/mol. The van der Waals surface area contributed by atoms with Crippen molar-refractivity contribution in [2.75, 3.05) is 0 Å². The topological polar surface area (TPSA) is 110 Å². The molecule has 0 bridgehead atoms. The van der Waals surface area contributed by atoms with Crippen molar-refractivity contribution in [3.8, 4) is 0 Å². The van der Waals surface area contributed by atoms with Crippen LogP contribution >= 0.6 is 0 Å². The van der Waals surface area contributed by atoms with Gasteiger partial charge < -0.3 is 0 Å². The Balaban J connectivity index is 0.000000136. The highest BCUT2D eigenvalue weighted by Crippen LogP contribution is 2.21. The molecule has 1 N–H and O–H groups in total. The number of hydrogen-bond donors (Lipinski definition) is 1. The van der Waals surface area contributed by atoms with Crippen LogP contribution in [-0.2, 0) is 20.0 Å². The number of nitrogens with zero attached hydrogens (tertiary/aromatic N) is 1. The predicted molar refractivity (Wildman–Crippen MR) is 82.3 cm³/mol. The maximum Gasteiger partial charge on any atom is 0.282 e. The van der Waals surface area contributed by atoms with E-state index in [9.17, 15) is 21.6 Å². The van der Waals surface area contributed by atoms with Crippen molar-refractivity contribution in [2.45, 2.75) is 9.79 Å². The van der Waals surface area contributed by atoms with Crippen LogP contribution in [0.2, 0.25) is 0 Å². The summed E-state index contributed by atoms with van der Waals surface area (Å²) >= 11 is 0. The Morgan fingerprint density at radius 1 is 0.826 bits per heavy atom. The van der Waals surface area contributed by atoms with E-state index in [1.54, 1.807) is 36.4 Å². The van der Waals surface area contributed by atoms with Crippen LogP contribution in [0.5, 0.6) is 0 Å². The van der Waals surface area contributed by atoms with Crippen LogP contribution in [0, 0.1) is 0 Å². The molecule has 2 heterocycles. The highest BCUT2D eigenvalue weighted by atomic mass is 32.2. The smallest absolute Gasteiger partial charge is 0.268 e. The second-order valence-electron chi connectivity index (χ2n) is 4.68. The normalized spacial score (nSPS) is 18.3. The lowest BCUT2D eigenvalue weighted by molar-refractivity contribution is 0.0985. The van der Waals surface area contributed by atoms with Crippen LogP contribution in [0.25, 0.3) is 0 Å². The largest absolute Gasteiger partial charge is 0.282 e. The van der Waals surface area contributed by atoms with Crippen LogP contribution in [-0.4, -0.2) is 29.0 Å². The van der Waals surface area contributed by atoms with Gasteiger partial charge in [-0.05, 0) is 18.2 Å². The van der Waals surface area contributed by atoms with E-state index in [1.165, 1.54) is 18.3 Å². The molecule has 118 valence electrons. The molecule has 4 rings (SSSR count). The van der Waals surface area contributed by atoms with Crippen LogP contribution in [0.3, 0.4) is 0 Å².